The van der Waals surface area contributed by atoms with E-state index in [4.69, 9.17) is 0 Å². The Bertz CT molecular complexity index is 899. The molecule has 1 amide bonds. The van der Waals surface area contributed by atoms with E-state index in [0.29, 0.717) is 30.1 Å². The third kappa shape index (κ3) is 4.42. The number of sulfonamides is 1. The van der Waals surface area contributed by atoms with E-state index in [9.17, 15) is 13.2 Å². The molecule has 3 rings (SSSR count). The minimum absolute atomic E-state index is 0.00824. The van der Waals surface area contributed by atoms with Gasteiger partial charge in [0.05, 0.1) is 6.04 Å². The lowest BCUT2D eigenvalue weighted by Gasteiger charge is -2.30. The summed E-state index contributed by atoms with van der Waals surface area (Å²) in [6, 6.07) is 9.53. The Hall–Kier alpha value is -1.70. The zero-order valence-electron chi connectivity index (χ0n) is 15.9. The summed E-state index contributed by atoms with van der Waals surface area (Å²) in [6.07, 6.45) is 1.10. The van der Waals surface area contributed by atoms with Gasteiger partial charge in [0, 0.05) is 19.0 Å². The van der Waals surface area contributed by atoms with Crippen molar-refractivity contribution in [1.82, 2.24) is 9.62 Å². The van der Waals surface area contributed by atoms with Gasteiger partial charge in [0.15, 0.2) is 0 Å². The monoisotopic (exact) mass is 406 g/mol. The highest BCUT2D eigenvalue weighted by molar-refractivity contribution is 7.91. The molecule has 0 unspecified atom stereocenters. The predicted molar refractivity (Wildman–Crippen MR) is 108 cm³/mol. The maximum absolute atomic E-state index is 12.6. The molecule has 1 atom stereocenters. The van der Waals surface area contributed by atoms with Gasteiger partial charge in [0.2, 0.25) is 5.91 Å². The van der Waals surface area contributed by atoms with Crippen molar-refractivity contribution in [1.29, 1.82) is 0 Å². The first kappa shape index (κ1) is 20.0. The number of carbonyl (C=O) groups excluding carboxylic acids is 1. The topological polar surface area (TPSA) is 66.5 Å². The molecule has 0 aliphatic carbocycles. The Morgan fingerprint density at radius 2 is 1.89 bits per heavy atom. The van der Waals surface area contributed by atoms with Crippen molar-refractivity contribution < 1.29 is 13.2 Å². The van der Waals surface area contributed by atoms with E-state index in [1.807, 2.05) is 13.0 Å². The van der Waals surface area contributed by atoms with Gasteiger partial charge in [0.1, 0.15) is 4.21 Å². The Labute approximate surface area is 165 Å². The van der Waals surface area contributed by atoms with E-state index in [2.05, 4.69) is 31.3 Å². The van der Waals surface area contributed by atoms with E-state index < -0.39 is 10.0 Å². The number of carbonyl (C=O) groups is 1. The van der Waals surface area contributed by atoms with Crippen molar-refractivity contribution in [3.63, 3.8) is 0 Å². The predicted octanol–water partition coefficient (Wildman–Crippen LogP) is 3.64. The molecule has 1 fully saturated rings. The fourth-order valence-electron chi connectivity index (χ4n) is 3.34. The summed E-state index contributed by atoms with van der Waals surface area (Å²) in [6.45, 7) is 6.89. The highest BCUT2D eigenvalue weighted by Gasteiger charge is 2.32. The average Bonchev–Trinajstić information content (AvgIpc) is 3.19. The van der Waals surface area contributed by atoms with E-state index in [-0.39, 0.29) is 17.9 Å². The number of benzene rings is 1. The van der Waals surface area contributed by atoms with Gasteiger partial charge in [-0.15, -0.1) is 11.3 Å². The van der Waals surface area contributed by atoms with Gasteiger partial charge in [-0.25, -0.2) is 8.42 Å². The molecule has 1 aliphatic rings. The molecule has 2 aromatic rings. The first-order valence-electron chi connectivity index (χ1n) is 9.20. The molecule has 0 spiro atoms. The summed E-state index contributed by atoms with van der Waals surface area (Å²) in [5.74, 6) is -0.136. The van der Waals surface area contributed by atoms with E-state index >= 15 is 0 Å². The third-order valence-electron chi connectivity index (χ3n) is 5.30. The maximum atomic E-state index is 12.6. The van der Waals surface area contributed by atoms with Crippen molar-refractivity contribution >= 4 is 27.3 Å². The second kappa shape index (κ2) is 8.12. The van der Waals surface area contributed by atoms with E-state index in [1.165, 1.54) is 26.8 Å². The van der Waals surface area contributed by atoms with Crippen LogP contribution in [-0.4, -0.2) is 31.7 Å². The SMILES string of the molecule is Cc1ccc([C@@H](C)NC(=O)C2CCN(S(=O)(=O)c3cccs3)CC2)cc1C. The summed E-state index contributed by atoms with van der Waals surface area (Å²) in [7, 11) is -3.42. The van der Waals surface area contributed by atoms with Crippen molar-refractivity contribution in [3.05, 3.63) is 52.4 Å². The van der Waals surface area contributed by atoms with Crippen molar-refractivity contribution in [2.45, 2.75) is 43.9 Å². The molecule has 0 radical (unpaired) electrons. The van der Waals surface area contributed by atoms with Gasteiger partial charge in [-0.1, -0.05) is 24.3 Å². The van der Waals surface area contributed by atoms with Crippen LogP contribution >= 0.6 is 11.3 Å². The molecular weight excluding hydrogens is 380 g/mol. The Balaban J connectivity index is 1.57. The van der Waals surface area contributed by atoms with Gasteiger partial charge in [-0.05, 0) is 61.7 Å². The lowest BCUT2D eigenvalue weighted by molar-refractivity contribution is -0.126. The molecule has 0 saturated carbocycles. The quantitative estimate of drug-likeness (QED) is 0.824. The van der Waals surface area contributed by atoms with Crippen molar-refractivity contribution in [2.75, 3.05) is 13.1 Å². The molecule has 2 heterocycles. The summed E-state index contributed by atoms with van der Waals surface area (Å²) in [5.41, 5.74) is 3.53. The number of amides is 1. The molecule has 0 bridgehead atoms. The van der Waals surface area contributed by atoms with Crippen LogP contribution in [0.25, 0.3) is 0 Å². The van der Waals surface area contributed by atoms with Crippen LogP contribution in [0.2, 0.25) is 0 Å². The first-order valence-corrected chi connectivity index (χ1v) is 11.5. The molecule has 1 aromatic carbocycles. The smallest absolute Gasteiger partial charge is 0.252 e. The summed E-state index contributed by atoms with van der Waals surface area (Å²) in [4.78, 5) is 12.6. The zero-order chi connectivity index (χ0) is 19.6. The van der Waals surface area contributed by atoms with E-state index in [0.717, 1.165) is 5.56 Å². The zero-order valence-corrected chi connectivity index (χ0v) is 17.6. The average molecular weight is 407 g/mol. The number of nitrogens with zero attached hydrogens (tertiary/aromatic N) is 1. The summed E-state index contributed by atoms with van der Waals surface area (Å²) >= 11 is 1.23. The van der Waals surface area contributed by atoms with Crippen LogP contribution in [0.1, 0.15) is 42.5 Å². The molecule has 146 valence electrons. The number of piperidine rings is 1. The minimum atomic E-state index is -3.42. The standard InChI is InChI=1S/C20H26N2O3S2/c1-14-6-7-18(13-15(14)2)16(3)21-20(23)17-8-10-22(11-9-17)27(24,25)19-5-4-12-26-19/h4-7,12-13,16-17H,8-11H2,1-3H3,(H,21,23)/t16-/m1/s1. The van der Waals surface area contributed by atoms with Gasteiger partial charge < -0.3 is 5.32 Å². The van der Waals surface area contributed by atoms with Crippen LogP contribution < -0.4 is 5.32 Å². The number of aryl methyl sites for hydroxylation is 2. The second-order valence-electron chi connectivity index (χ2n) is 7.18. The highest BCUT2D eigenvalue weighted by Crippen LogP contribution is 2.27. The summed E-state index contributed by atoms with van der Waals surface area (Å²) in [5, 5.41) is 4.85. The van der Waals surface area contributed by atoms with Crippen LogP contribution in [0.5, 0.6) is 0 Å². The summed E-state index contributed by atoms with van der Waals surface area (Å²) < 4.78 is 27.0. The Kier molecular flexibility index (Phi) is 6.03. The largest absolute Gasteiger partial charge is 0.349 e. The Morgan fingerprint density at radius 1 is 1.19 bits per heavy atom. The van der Waals surface area contributed by atoms with Crippen LogP contribution in [0.3, 0.4) is 0 Å². The van der Waals surface area contributed by atoms with Gasteiger partial charge in [-0.3, -0.25) is 4.79 Å². The van der Waals surface area contributed by atoms with Crippen LogP contribution in [0.4, 0.5) is 0 Å². The van der Waals surface area contributed by atoms with E-state index in [1.54, 1.807) is 17.5 Å². The molecule has 27 heavy (non-hydrogen) atoms. The van der Waals surface area contributed by atoms with Gasteiger partial charge in [-0.2, -0.15) is 4.31 Å². The van der Waals surface area contributed by atoms with Crippen LogP contribution in [-0.2, 0) is 14.8 Å². The van der Waals surface area contributed by atoms with Gasteiger partial charge in [0.25, 0.3) is 10.0 Å². The minimum Gasteiger partial charge on any atom is -0.349 e. The number of hydrogen-bond acceptors (Lipinski definition) is 4. The Morgan fingerprint density at radius 3 is 2.48 bits per heavy atom. The number of hydrogen-bond donors (Lipinski definition) is 1. The lowest BCUT2D eigenvalue weighted by Crippen LogP contribution is -2.43. The van der Waals surface area contributed by atoms with Crippen LogP contribution in [0.15, 0.2) is 39.9 Å². The molecule has 1 saturated heterocycles. The molecule has 1 aliphatic heterocycles. The molecule has 1 aromatic heterocycles. The fourth-order valence-corrected chi connectivity index (χ4v) is 5.96. The maximum Gasteiger partial charge on any atom is 0.252 e. The molecule has 5 nitrogen and oxygen atoms in total. The third-order valence-corrected chi connectivity index (χ3v) is 8.58. The first-order chi connectivity index (χ1) is 12.8. The fraction of sp³-hybridized carbons (Fsp3) is 0.450. The lowest BCUT2D eigenvalue weighted by atomic mass is 9.96. The molecular formula is C20H26N2O3S2. The van der Waals surface area contributed by atoms with Crippen molar-refractivity contribution in [2.24, 2.45) is 5.92 Å². The molecule has 7 heteroatoms. The van der Waals surface area contributed by atoms with Gasteiger partial charge >= 0.3 is 0 Å². The normalized spacial score (nSPS) is 17.6. The second-order valence-corrected chi connectivity index (χ2v) is 10.3. The molecule has 1 N–H and O–H groups in total. The highest BCUT2D eigenvalue weighted by atomic mass is 32.2. The number of nitrogens with one attached hydrogen (secondary N) is 1. The van der Waals surface area contributed by atoms with Crippen molar-refractivity contribution in [3.8, 4) is 0 Å². The number of thiophene rings is 1. The number of rotatable bonds is 5. The van der Waals surface area contributed by atoms with Crippen LogP contribution in [0, 0.1) is 19.8 Å².